The van der Waals surface area contributed by atoms with Gasteiger partial charge in [-0.3, -0.25) is 18.8 Å². The highest BCUT2D eigenvalue weighted by Gasteiger charge is 2.20. The third-order valence-corrected chi connectivity index (χ3v) is 6.81. The molecule has 0 saturated heterocycles. The van der Waals surface area contributed by atoms with Crippen molar-refractivity contribution in [2.45, 2.75) is 70.2 Å². The van der Waals surface area contributed by atoms with Gasteiger partial charge in [0.25, 0.3) is 5.56 Å². The highest BCUT2D eigenvalue weighted by Crippen LogP contribution is 2.22. The smallest absolute Gasteiger partial charge is 0.280 e. The summed E-state index contributed by atoms with van der Waals surface area (Å²) in [4.78, 5) is 30.7. The molecule has 1 aliphatic rings. The van der Waals surface area contributed by atoms with Crippen LogP contribution < -0.4 is 10.9 Å². The molecule has 7 nitrogen and oxygen atoms in total. The number of nitrogens with one attached hydrogen (secondary N) is 1. The molecule has 0 bridgehead atoms. The highest BCUT2D eigenvalue weighted by atomic mass is 32.2. The molecule has 0 radical (unpaired) electrons. The Balaban J connectivity index is 1.64. The summed E-state index contributed by atoms with van der Waals surface area (Å²) in [7, 11) is 0. The van der Waals surface area contributed by atoms with Gasteiger partial charge in [-0.25, -0.2) is 9.37 Å². The number of thioether (sulfide) groups is 1. The van der Waals surface area contributed by atoms with Crippen LogP contribution in [0.25, 0.3) is 11.0 Å². The Kier molecular flexibility index (Phi) is 6.93. The van der Waals surface area contributed by atoms with Crippen LogP contribution in [0.15, 0.2) is 34.2 Å². The van der Waals surface area contributed by atoms with Crippen molar-refractivity contribution in [3.63, 3.8) is 0 Å². The van der Waals surface area contributed by atoms with E-state index in [1.54, 1.807) is 21.4 Å². The van der Waals surface area contributed by atoms with Crippen LogP contribution in [0.5, 0.6) is 0 Å². The van der Waals surface area contributed by atoms with Gasteiger partial charge in [-0.05, 0) is 44.4 Å². The van der Waals surface area contributed by atoms with E-state index in [0.29, 0.717) is 28.4 Å². The average molecular weight is 458 g/mol. The molecule has 1 amide bonds. The van der Waals surface area contributed by atoms with Crippen molar-refractivity contribution in [1.29, 1.82) is 0 Å². The summed E-state index contributed by atoms with van der Waals surface area (Å²) in [6.45, 7) is 4.54. The molecule has 3 aromatic rings. The normalized spacial score (nSPS) is 14.7. The van der Waals surface area contributed by atoms with E-state index in [0.717, 1.165) is 31.2 Å². The van der Waals surface area contributed by atoms with Crippen LogP contribution in [-0.2, 0) is 17.9 Å². The van der Waals surface area contributed by atoms with Crippen molar-refractivity contribution in [2.75, 3.05) is 5.75 Å². The number of rotatable bonds is 7. The van der Waals surface area contributed by atoms with Gasteiger partial charge >= 0.3 is 0 Å². The maximum atomic E-state index is 13.4. The number of amides is 1. The number of halogens is 1. The summed E-state index contributed by atoms with van der Waals surface area (Å²) in [5.74, 6) is -0.201. The zero-order valence-corrected chi connectivity index (χ0v) is 19.3. The van der Waals surface area contributed by atoms with Gasteiger partial charge in [0.15, 0.2) is 10.7 Å². The standard InChI is InChI=1S/C23H28FN5O2S/c1-3-29-21-20(15(2)27-29)26-23(32-14-19(30)25-18-7-5-4-6-8-18)28(22(21)31)13-16-9-11-17(24)12-10-16/h9-12,18H,3-8,13-14H2,1-2H3,(H,25,30). The fourth-order valence-electron chi connectivity index (χ4n) is 4.19. The van der Waals surface area contributed by atoms with Crippen molar-refractivity contribution in [2.24, 2.45) is 0 Å². The van der Waals surface area contributed by atoms with E-state index in [1.165, 1.54) is 30.3 Å². The van der Waals surface area contributed by atoms with Crippen LogP contribution in [0.4, 0.5) is 4.39 Å². The summed E-state index contributed by atoms with van der Waals surface area (Å²) in [6, 6.07) is 6.28. The van der Waals surface area contributed by atoms with Gasteiger partial charge in [0, 0.05) is 12.6 Å². The molecule has 1 saturated carbocycles. The van der Waals surface area contributed by atoms with Crippen LogP contribution in [0.3, 0.4) is 0 Å². The second-order valence-corrected chi connectivity index (χ2v) is 9.14. The predicted octanol–water partition coefficient (Wildman–Crippen LogP) is 3.65. The van der Waals surface area contributed by atoms with E-state index in [1.807, 2.05) is 13.8 Å². The molecule has 170 valence electrons. The van der Waals surface area contributed by atoms with Gasteiger partial charge in [-0.2, -0.15) is 5.10 Å². The third-order valence-electron chi connectivity index (χ3n) is 5.84. The van der Waals surface area contributed by atoms with E-state index < -0.39 is 0 Å². The topological polar surface area (TPSA) is 81.8 Å². The quantitative estimate of drug-likeness (QED) is 0.433. The molecule has 0 unspecified atom stereocenters. The number of aromatic nitrogens is 4. The Morgan fingerprint density at radius 1 is 1.22 bits per heavy atom. The summed E-state index contributed by atoms with van der Waals surface area (Å²) >= 11 is 1.25. The Hall–Kier alpha value is -2.68. The first-order valence-corrected chi connectivity index (χ1v) is 12.1. The molecule has 2 heterocycles. The average Bonchev–Trinajstić information content (AvgIpc) is 3.12. The lowest BCUT2D eigenvalue weighted by atomic mass is 9.95. The van der Waals surface area contributed by atoms with Crippen molar-refractivity contribution < 1.29 is 9.18 Å². The van der Waals surface area contributed by atoms with Crippen molar-refractivity contribution in [1.82, 2.24) is 24.6 Å². The number of hydrogen-bond acceptors (Lipinski definition) is 5. The SMILES string of the molecule is CCn1nc(C)c2nc(SCC(=O)NC3CCCCC3)n(Cc3ccc(F)cc3)c(=O)c21. The molecule has 1 aromatic carbocycles. The minimum absolute atomic E-state index is 0.0504. The summed E-state index contributed by atoms with van der Waals surface area (Å²) in [5.41, 5.74) is 2.26. The number of hydrogen-bond donors (Lipinski definition) is 1. The van der Waals surface area contributed by atoms with E-state index >= 15 is 0 Å². The van der Waals surface area contributed by atoms with E-state index in [2.05, 4.69) is 10.4 Å². The molecule has 1 fully saturated rings. The maximum Gasteiger partial charge on any atom is 0.280 e. The Morgan fingerprint density at radius 2 is 1.94 bits per heavy atom. The predicted molar refractivity (Wildman–Crippen MR) is 123 cm³/mol. The van der Waals surface area contributed by atoms with Gasteiger partial charge in [0.1, 0.15) is 11.3 Å². The van der Waals surface area contributed by atoms with Crippen LogP contribution in [0.1, 0.15) is 50.3 Å². The largest absolute Gasteiger partial charge is 0.353 e. The van der Waals surface area contributed by atoms with Gasteiger partial charge in [0.05, 0.1) is 18.0 Å². The van der Waals surface area contributed by atoms with Gasteiger partial charge < -0.3 is 5.32 Å². The first-order chi connectivity index (χ1) is 15.5. The van der Waals surface area contributed by atoms with E-state index in [9.17, 15) is 14.0 Å². The number of carbonyl (C=O) groups is 1. The van der Waals surface area contributed by atoms with Crippen LogP contribution in [0.2, 0.25) is 0 Å². The van der Waals surface area contributed by atoms with E-state index in [-0.39, 0.29) is 35.6 Å². The fourth-order valence-corrected chi connectivity index (χ4v) is 4.99. The van der Waals surface area contributed by atoms with Crippen molar-refractivity contribution >= 4 is 28.7 Å². The molecule has 0 atom stereocenters. The van der Waals surface area contributed by atoms with Gasteiger partial charge in [-0.1, -0.05) is 43.2 Å². The van der Waals surface area contributed by atoms with E-state index in [4.69, 9.17) is 4.98 Å². The van der Waals surface area contributed by atoms with Crippen molar-refractivity contribution in [3.8, 4) is 0 Å². The Labute approximate surface area is 190 Å². The Bertz CT molecular complexity index is 1170. The monoisotopic (exact) mass is 457 g/mol. The summed E-state index contributed by atoms with van der Waals surface area (Å²) in [5, 5.41) is 8.02. The molecule has 1 aliphatic carbocycles. The van der Waals surface area contributed by atoms with Crippen molar-refractivity contribution in [3.05, 3.63) is 51.7 Å². The number of benzene rings is 1. The number of nitrogens with zero attached hydrogens (tertiary/aromatic N) is 4. The maximum absolute atomic E-state index is 13.4. The van der Waals surface area contributed by atoms with Crippen LogP contribution in [0, 0.1) is 12.7 Å². The number of fused-ring (bicyclic) bond motifs is 1. The first kappa shape index (κ1) is 22.5. The molecule has 1 N–H and O–H groups in total. The zero-order chi connectivity index (χ0) is 22.7. The summed E-state index contributed by atoms with van der Waals surface area (Å²) in [6.07, 6.45) is 5.56. The third kappa shape index (κ3) is 4.87. The fraction of sp³-hybridized carbons (Fsp3) is 0.478. The Morgan fingerprint density at radius 3 is 2.62 bits per heavy atom. The zero-order valence-electron chi connectivity index (χ0n) is 18.4. The lowest BCUT2D eigenvalue weighted by molar-refractivity contribution is -0.119. The first-order valence-electron chi connectivity index (χ1n) is 11.1. The lowest BCUT2D eigenvalue weighted by Crippen LogP contribution is -2.37. The molecule has 32 heavy (non-hydrogen) atoms. The highest BCUT2D eigenvalue weighted by molar-refractivity contribution is 7.99. The van der Waals surface area contributed by atoms with Gasteiger partial charge in [-0.15, -0.1) is 0 Å². The van der Waals surface area contributed by atoms with Gasteiger partial charge in [0.2, 0.25) is 5.91 Å². The number of carbonyl (C=O) groups excluding carboxylic acids is 1. The minimum atomic E-state index is -0.330. The molecule has 2 aromatic heterocycles. The molecular weight excluding hydrogens is 429 g/mol. The second kappa shape index (κ2) is 9.85. The second-order valence-electron chi connectivity index (χ2n) is 8.20. The summed E-state index contributed by atoms with van der Waals surface area (Å²) < 4.78 is 16.6. The minimum Gasteiger partial charge on any atom is -0.353 e. The van der Waals surface area contributed by atoms with Crippen LogP contribution in [-0.4, -0.2) is 37.0 Å². The lowest BCUT2D eigenvalue weighted by Gasteiger charge is -2.22. The number of aryl methyl sites for hydroxylation is 2. The molecular formula is C23H28FN5O2S. The molecule has 0 spiro atoms. The molecule has 9 heteroatoms. The molecule has 0 aliphatic heterocycles. The molecule has 4 rings (SSSR count). The van der Waals surface area contributed by atoms with Crippen LogP contribution >= 0.6 is 11.8 Å².